The molecule has 0 saturated heterocycles. The van der Waals surface area contributed by atoms with Gasteiger partial charge in [-0.15, -0.1) is 11.8 Å². The van der Waals surface area contributed by atoms with E-state index in [1.807, 2.05) is 109 Å². The van der Waals surface area contributed by atoms with Crippen molar-refractivity contribution in [1.29, 1.82) is 0 Å². The van der Waals surface area contributed by atoms with Gasteiger partial charge in [-0.05, 0) is 46.5 Å². The molecule has 9 heteroatoms. The van der Waals surface area contributed by atoms with Crippen LogP contribution in [0.1, 0.15) is 33.3 Å². The lowest BCUT2D eigenvalue weighted by molar-refractivity contribution is -0.384. The van der Waals surface area contributed by atoms with Crippen LogP contribution in [0.3, 0.4) is 0 Å². The number of hydrogen-bond acceptors (Lipinski definition) is 6. The minimum Gasteiger partial charge on any atom is -0.457 e. The molecule has 0 bridgehead atoms. The highest BCUT2D eigenvalue weighted by Gasteiger charge is 2.42. The van der Waals surface area contributed by atoms with Gasteiger partial charge in [-0.2, -0.15) is 0 Å². The van der Waals surface area contributed by atoms with Crippen LogP contribution in [0.5, 0.6) is 0 Å². The maximum absolute atomic E-state index is 14.0. The Kier molecular flexibility index (Phi) is 8.78. The topological polar surface area (TPSA) is 102 Å². The largest absolute Gasteiger partial charge is 0.457 e. The molecule has 0 amide bonds. The molecule has 1 aromatic heterocycles. The van der Waals surface area contributed by atoms with Gasteiger partial charge in [-0.1, -0.05) is 133 Å². The second kappa shape index (κ2) is 13.5. The number of rotatable bonds is 11. The molecule has 0 aliphatic carbocycles. The third-order valence-electron chi connectivity index (χ3n) is 8.39. The maximum Gasteiger partial charge on any atom is 0.269 e. The summed E-state index contributed by atoms with van der Waals surface area (Å²) in [7, 11) is -4.20. The Morgan fingerprint density at radius 1 is 0.633 bits per heavy atom. The lowest BCUT2D eigenvalue weighted by Gasteiger charge is -2.38. The Morgan fingerprint density at radius 3 is 1.61 bits per heavy atom. The van der Waals surface area contributed by atoms with Crippen molar-refractivity contribution in [2.75, 3.05) is 4.72 Å². The van der Waals surface area contributed by atoms with Gasteiger partial charge in [-0.25, -0.2) is 8.42 Å². The van der Waals surface area contributed by atoms with Crippen LogP contribution >= 0.6 is 11.8 Å². The van der Waals surface area contributed by atoms with Crippen molar-refractivity contribution < 1.29 is 17.8 Å². The molecule has 7 nitrogen and oxygen atoms in total. The lowest BCUT2D eigenvalue weighted by Crippen LogP contribution is -2.27. The lowest BCUT2D eigenvalue weighted by atomic mass is 9.84. The summed E-state index contributed by atoms with van der Waals surface area (Å²) in [5.41, 5.74) is 4.67. The second-order valence-electron chi connectivity index (χ2n) is 11.4. The van der Waals surface area contributed by atoms with Crippen molar-refractivity contribution in [3.63, 3.8) is 0 Å². The number of benzene rings is 6. The first-order valence-corrected chi connectivity index (χ1v) is 17.9. The third-order valence-corrected chi connectivity index (χ3v) is 11.5. The molecule has 0 radical (unpaired) electrons. The van der Waals surface area contributed by atoms with Crippen molar-refractivity contribution in [3.05, 3.63) is 208 Å². The summed E-state index contributed by atoms with van der Waals surface area (Å²) in [4.78, 5) is 10.6. The van der Waals surface area contributed by atoms with Crippen molar-refractivity contribution in [2.24, 2.45) is 0 Å². The van der Waals surface area contributed by atoms with E-state index in [4.69, 9.17) is 4.42 Å². The Hall–Kier alpha value is -5.64. The van der Waals surface area contributed by atoms with Crippen molar-refractivity contribution in [2.45, 2.75) is 14.9 Å². The SMILES string of the molecule is O=[N+]([O-])c1ccc(S(=O)(=O)Nc2c([C@H](SC(c3ccccc3)(c3ccccc3)c3ccccc3)c3ccccc3)oc3ccccc23)cc1. The van der Waals surface area contributed by atoms with E-state index in [9.17, 15) is 18.5 Å². The molecular formula is C40H30N2O5S2. The Balaban J connectivity index is 1.47. The molecule has 1 N–H and O–H groups in total. The monoisotopic (exact) mass is 682 g/mol. The van der Waals surface area contributed by atoms with Crippen LogP contribution in [0.2, 0.25) is 0 Å². The number of furan rings is 1. The van der Waals surface area contributed by atoms with E-state index in [0.717, 1.165) is 22.3 Å². The predicted octanol–water partition coefficient (Wildman–Crippen LogP) is 9.96. The Labute approximate surface area is 288 Å². The zero-order valence-corrected chi connectivity index (χ0v) is 27.7. The van der Waals surface area contributed by atoms with Gasteiger partial charge >= 0.3 is 0 Å². The molecule has 1 atom stereocenters. The van der Waals surface area contributed by atoms with Gasteiger partial charge in [-0.3, -0.25) is 14.8 Å². The van der Waals surface area contributed by atoms with E-state index >= 15 is 0 Å². The third kappa shape index (κ3) is 6.22. The molecule has 0 aliphatic heterocycles. The fourth-order valence-electron chi connectivity index (χ4n) is 6.09. The summed E-state index contributed by atoms with van der Waals surface area (Å²) in [6.45, 7) is 0. The normalized spacial score (nSPS) is 12.4. The molecule has 0 spiro atoms. The van der Waals surface area contributed by atoms with Crippen LogP contribution < -0.4 is 4.72 Å². The van der Waals surface area contributed by atoms with Gasteiger partial charge in [0.2, 0.25) is 0 Å². The first kappa shape index (κ1) is 31.9. The number of fused-ring (bicyclic) bond motifs is 1. The smallest absolute Gasteiger partial charge is 0.269 e. The minimum atomic E-state index is -4.20. The zero-order chi connectivity index (χ0) is 33.8. The number of non-ortho nitro benzene ring substituents is 1. The summed E-state index contributed by atoms with van der Waals surface area (Å²) in [5, 5.41) is 11.3. The molecular weight excluding hydrogens is 653 g/mol. The number of para-hydroxylation sites is 1. The van der Waals surface area contributed by atoms with Crippen molar-refractivity contribution in [1.82, 2.24) is 0 Å². The van der Waals surface area contributed by atoms with Crippen LogP contribution in [-0.4, -0.2) is 13.3 Å². The molecule has 6 aromatic carbocycles. The minimum absolute atomic E-state index is 0.106. The Morgan fingerprint density at radius 2 is 1.10 bits per heavy atom. The van der Waals surface area contributed by atoms with E-state index in [1.165, 1.54) is 24.3 Å². The first-order valence-electron chi connectivity index (χ1n) is 15.5. The average Bonchev–Trinajstić information content (AvgIpc) is 3.51. The van der Waals surface area contributed by atoms with Gasteiger partial charge in [0, 0.05) is 17.5 Å². The van der Waals surface area contributed by atoms with Gasteiger partial charge in [0.25, 0.3) is 15.7 Å². The molecule has 49 heavy (non-hydrogen) atoms. The number of nitrogens with zero attached hydrogens (tertiary/aromatic N) is 1. The van der Waals surface area contributed by atoms with Crippen LogP contribution in [0.15, 0.2) is 179 Å². The molecule has 0 aliphatic rings. The van der Waals surface area contributed by atoms with Gasteiger partial charge in [0.1, 0.15) is 11.3 Å². The molecule has 0 fully saturated rings. The molecule has 242 valence electrons. The number of nitrogens with one attached hydrogen (secondary N) is 1. The number of anilines is 1. The first-order chi connectivity index (χ1) is 23.9. The highest BCUT2D eigenvalue weighted by atomic mass is 32.2. The van der Waals surface area contributed by atoms with Crippen LogP contribution in [0.4, 0.5) is 11.4 Å². The molecule has 7 aromatic rings. The van der Waals surface area contributed by atoms with Crippen molar-refractivity contribution >= 4 is 44.1 Å². The highest BCUT2D eigenvalue weighted by molar-refractivity contribution is 8.01. The van der Waals surface area contributed by atoms with E-state index in [2.05, 4.69) is 41.1 Å². The summed E-state index contributed by atoms with van der Waals surface area (Å²) in [6.07, 6.45) is 0. The van der Waals surface area contributed by atoms with E-state index < -0.39 is 24.9 Å². The number of sulfonamides is 1. The predicted molar refractivity (Wildman–Crippen MR) is 195 cm³/mol. The van der Waals surface area contributed by atoms with Crippen molar-refractivity contribution in [3.8, 4) is 0 Å². The fourth-order valence-corrected chi connectivity index (χ4v) is 8.92. The molecule has 0 saturated carbocycles. The van der Waals surface area contributed by atoms with E-state index in [1.54, 1.807) is 11.8 Å². The summed E-state index contributed by atoms with van der Waals surface area (Å²) in [6, 6.07) is 52.9. The van der Waals surface area contributed by atoms with Gasteiger partial charge in [0.15, 0.2) is 0 Å². The highest BCUT2D eigenvalue weighted by Crippen LogP contribution is 2.57. The number of hydrogen-bond donors (Lipinski definition) is 1. The van der Waals surface area contributed by atoms with E-state index in [0.29, 0.717) is 22.4 Å². The number of nitro groups is 1. The fraction of sp³-hybridized carbons (Fsp3) is 0.0500. The van der Waals surface area contributed by atoms with Gasteiger partial charge in [0.05, 0.1) is 25.5 Å². The summed E-state index contributed by atoms with van der Waals surface area (Å²) < 4.78 is 36.6. The maximum atomic E-state index is 14.0. The van der Waals surface area contributed by atoms with E-state index in [-0.39, 0.29) is 10.6 Å². The second-order valence-corrected chi connectivity index (χ2v) is 14.4. The van der Waals surface area contributed by atoms with Crippen LogP contribution in [0.25, 0.3) is 11.0 Å². The Bertz CT molecular complexity index is 2220. The molecule has 1 heterocycles. The van der Waals surface area contributed by atoms with Crippen LogP contribution in [0, 0.1) is 10.1 Å². The van der Waals surface area contributed by atoms with Gasteiger partial charge < -0.3 is 4.42 Å². The van der Waals surface area contributed by atoms with Crippen LogP contribution in [-0.2, 0) is 14.8 Å². The summed E-state index contributed by atoms with van der Waals surface area (Å²) in [5.74, 6) is 0.426. The molecule has 0 unspecified atom stereocenters. The number of nitro benzene ring substituents is 1. The summed E-state index contributed by atoms with van der Waals surface area (Å²) >= 11 is 1.66. The molecule has 7 rings (SSSR count). The average molecular weight is 683 g/mol. The number of thioether (sulfide) groups is 1. The zero-order valence-electron chi connectivity index (χ0n) is 26.0. The standard InChI is InChI=1S/C40H30N2O5S2/c43-42(44)33-25-27-34(28-26-33)49(45,46)41-37-35-23-13-14-24-36(35)47-38(37)39(29-15-5-1-6-16-29)48-40(30-17-7-2-8-18-30,31-19-9-3-10-20-31)32-21-11-4-12-22-32/h1-28,39,41H/t39-/m1/s1. The quantitative estimate of drug-likeness (QED) is 0.0828.